The first-order chi connectivity index (χ1) is 15.1. The van der Waals surface area contributed by atoms with E-state index < -0.39 is 0 Å². The summed E-state index contributed by atoms with van der Waals surface area (Å²) in [6.45, 7) is 2.14. The highest BCUT2D eigenvalue weighted by Gasteiger charge is 2.22. The molecule has 0 radical (unpaired) electrons. The van der Waals surface area contributed by atoms with Gasteiger partial charge >= 0.3 is 0 Å². The van der Waals surface area contributed by atoms with Gasteiger partial charge in [-0.05, 0) is 74.3 Å². The zero-order valence-corrected chi connectivity index (χ0v) is 20.2. The Morgan fingerprint density at radius 3 is 2.87 bits per heavy atom. The van der Waals surface area contributed by atoms with Crippen LogP contribution in [0, 0.1) is 11.3 Å². The number of piperidine rings is 1. The Morgan fingerprint density at radius 2 is 2.16 bits per heavy atom. The van der Waals surface area contributed by atoms with Crippen molar-refractivity contribution >= 4 is 53.3 Å². The molecule has 2 N–H and O–H groups in total. The van der Waals surface area contributed by atoms with Gasteiger partial charge in [0.05, 0.1) is 11.3 Å². The SMILES string of the molecule is CN1CCC(c2cc(-c3cn(SI)c4ncccc34)ccc2N=C/C(C#N)=C/N)CC1. The molecule has 8 heteroatoms. The molecule has 1 aliphatic heterocycles. The summed E-state index contributed by atoms with van der Waals surface area (Å²) in [7, 11) is 3.78. The highest BCUT2D eigenvalue weighted by molar-refractivity contribution is 14.2. The number of nitrogens with two attached hydrogens (primary N) is 1. The van der Waals surface area contributed by atoms with Crippen molar-refractivity contribution in [1.29, 1.82) is 5.26 Å². The van der Waals surface area contributed by atoms with Crippen molar-refractivity contribution in [1.82, 2.24) is 13.9 Å². The lowest BCUT2D eigenvalue weighted by molar-refractivity contribution is 0.255. The minimum atomic E-state index is 0.353. The van der Waals surface area contributed by atoms with E-state index in [1.54, 1.807) is 15.3 Å². The molecule has 158 valence electrons. The second-order valence-electron chi connectivity index (χ2n) is 7.66. The molecule has 31 heavy (non-hydrogen) atoms. The first kappa shape index (κ1) is 21.9. The number of rotatable bonds is 5. The lowest BCUT2D eigenvalue weighted by Gasteiger charge is -2.30. The molecule has 3 heterocycles. The smallest absolute Gasteiger partial charge is 0.151 e. The summed E-state index contributed by atoms with van der Waals surface area (Å²) >= 11 is 2.28. The molecule has 0 atom stereocenters. The van der Waals surface area contributed by atoms with E-state index in [0.717, 1.165) is 53.8 Å². The summed E-state index contributed by atoms with van der Waals surface area (Å²) in [6, 6.07) is 12.6. The predicted octanol–water partition coefficient (Wildman–Crippen LogP) is 5.43. The number of hydrogen-bond acceptors (Lipinski definition) is 6. The summed E-state index contributed by atoms with van der Waals surface area (Å²) in [5.74, 6) is 0.432. The van der Waals surface area contributed by atoms with Gasteiger partial charge < -0.3 is 10.6 Å². The van der Waals surface area contributed by atoms with E-state index in [9.17, 15) is 0 Å². The van der Waals surface area contributed by atoms with Crippen molar-refractivity contribution < 1.29 is 0 Å². The Bertz CT molecular complexity index is 1180. The Kier molecular flexibility index (Phi) is 6.95. The molecular weight excluding hydrogens is 519 g/mol. The lowest BCUT2D eigenvalue weighted by Crippen LogP contribution is -2.29. The van der Waals surface area contributed by atoms with Crippen LogP contribution < -0.4 is 5.73 Å². The maximum Gasteiger partial charge on any atom is 0.151 e. The first-order valence-corrected chi connectivity index (χ1v) is 13.4. The van der Waals surface area contributed by atoms with Gasteiger partial charge in [-0.3, -0.25) is 8.96 Å². The number of benzene rings is 1. The number of allylic oxidation sites excluding steroid dienone is 1. The van der Waals surface area contributed by atoms with Crippen LogP contribution in [-0.4, -0.2) is 40.2 Å². The van der Waals surface area contributed by atoms with Gasteiger partial charge in [-0.25, -0.2) is 4.98 Å². The van der Waals surface area contributed by atoms with E-state index >= 15 is 0 Å². The third-order valence-corrected chi connectivity index (χ3v) is 7.45. The molecule has 1 fully saturated rings. The number of aromatic nitrogens is 2. The van der Waals surface area contributed by atoms with Crippen molar-refractivity contribution in [2.45, 2.75) is 18.8 Å². The molecular formula is C23H23IN6S. The van der Waals surface area contributed by atoms with Gasteiger partial charge in [0.1, 0.15) is 6.07 Å². The zero-order valence-electron chi connectivity index (χ0n) is 17.2. The molecule has 3 aromatic rings. The molecule has 2 aromatic heterocycles. The number of nitrogens with zero attached hydrogens (tertiary/aromatic N) is 5. The summed E-state index contributed by atoms with van der Waals surface area (Å²) in [6.07, 6.45) is 9.00. The second-order valence-corrected chi connectivity index (χ2v) is 9.37. The number of hydrogen-bond donors (Lipinski definition) is 1. The number of aliphatic imine (C=N–C) groups is 1. The topological polar surface area (TPSA) is 83.2 Å². The van der Waals surface area contributed by atoms with E-state index in [1.807, 2.05) is 12.3 Å². The lowest BCUT2D eigenvalue weighted by atomic mass is 9.86. The van der Waals surface area contributed by atoms with Crippen molar-refractivity contribution in [2.24, 2.45) is 10.7 Å². The van der Waals surface area contributed by atoms with E-state index in [2.05, 4.69) is 83.6 Å². The van der Waals surface area contributed by atoms with Crippen LogP contribution in [0.4, 0.5) is 5.69 Å². The summed E-state index contributed by atoms with van der Waals surface area (Å²) in [5.41, 5.74) is 11.3. The van der Waals surface area contributed by atoms with Gasteiger partial charge in [0.15, 0.2) is 5.65 Å². The fourth-order valence-corrected chi connectivity index (χ4v) is 5.30. The van der Waals surface area contributed by atoms with Crippen LogP contribution in [0.5, 0.6) is 0 Å². The molecule has 6 nitrogen and oxygen atoms in total. The molecule has 1 saturated heterocycles. The number of pyridine rings is 1. The molecule has 0 amide bonds. The second kappa shape index (κ2) is 9.85. The van der Waals surface area contributed by atoms with E-state index in [0.29, 0.717) is 11.5 Å². The van der Waals surface area contributed by atoms with Crippen LogP contribution in [0.3, 0.4) is 0 Å². The van der Waals surface area contributed by atoms with E-state index in [1.165, 1.54) is 11.8 Å². The largest absolute Gasteiger partial charge is 0.403 e. The van der Waals surface area contributed by atoms with Gasteiger partial charge in [-0.1, -0.05) is 6.07 Å². The maximum absolute atomic E-state index is 9.16. The Labute approximate surface area is 198 Å². The summed E-state index contributed by atoms with van der Waals surface area (Å²) in [4.78, 5) is 11.6. The van der Waals surface area contributed by atoms with E-state index in [4.69, 9.17) is 11.0 Å². The average molecular weight is 542 g/mol. The molecule has 0 aliphatic carbocycles. The predicted molar refractivity (Wildman–Crippen MR) is 138 cm³/mol. The third-order valence-electron chi connectivity index (χ3n) is 5.75. The molecule has 1 aromatic carbocycles. The molecule has 4 rings (SSSR count). The number of fused-ring (bicyclic) bond motifs is 1. The van der Waals surface area contributed by atoms with Crippen molar-refractivity contribution in [3.05, 3.63) is 60.1 Å². The monoisotopic (exact) mass is 542 g/mol. The highest BCUT2D eigenvalue weighted by atomic mass is 127. The molecule has 0 spiro atoms. The molecule has 0 bridgehead atoms. The van der Waals surface area contributed by atoms with Gasteiger partial charge in [0, 0.05) is 66.1 Å². The van der Waals surface area contributed by atoms with Crippen molar-refractivity contribution in [2.75, 3.05) is 20.1 Å². The molecule has 0 unspecified atom stereocenters. The van der Waals surface area contributed by atoms with Gasteiger partial charge in [-0.2, -0.15) is 5.26 Å². The fourth-order valence-electron chi connectivity index (χ4n) is 4.05. The van der Waals surface area contributed by atoms with Gasteiger partial charge in [0.25, 0.3) is 0 Å². The Balaban J connectivity index is 1.81. The van der Waals surface area contributed by atoms with Gasteiger partial charge in [0.2, 0.25) is 0 Å². The van der Waals surface area contributed by atoms with Crippen molar-refractivity contribution in [3.8, 4) is 17.2 Å². The summed E-state index contributed by atoms with van der Waals surface area (Å²) in [5, 5.41) is 10.3. The third kappa shape index (κ3) is 4.63. The normalized spacial score (nSPS) is 16.2. The molecule has 0 saturated carbocycles. The minimum Gasteiger partial charge on any atom is -0.403 e. The Hall–Kier alpha value is -2.35. The number of nitriles is 1. The Morgan fingerprint density at radius 1 is 1.35 bits per heavy atom. The summed E-state index contributed by atoms with van der Waals surface area (Å²) < 4.78 is 2.10. The number of likely N-dealkylation sites (tertiary alicyclic amines) is 1. The zero-order chi connectivity index (χ0) is 21.8. The van der Waals surface area contributed by atoms with Gasteiger partial charge in [-0.15, -0.1) is 0 Å². The van der Waals surface area contributed by atoms with Crippen LogP contribution in [0.15, 0.2) is 59.5 Å². The quantitative estimate of drug-likeness (QED) is 0.264. The fraction of sp³-hybridized carbons (Fsp3) is 0.261. The van der Waals surface area contributed by atoms with Crippen LogP contribution >= 0.6 is 30.3 Å². The van der Waals surface area contributed by atoms with Crippen LogP contribution in [-0.2, 0) is 0 Å². The highest BCUT2D eigenvalue weighted by Crippen LogP contribution is 2.39. The van der Waals surface area contributed by atoms with Crippen LogP contribution in [0.2, 0.25) is 0 Å². The van der Waals surface area contributed by atoms with Crippen molar-refractivity contribution in [3.63, 3.8) is 0 Å². The standard InChI is InChI=1S/C23H23IN6S/c1-29-9-6-17(7-10-29)20-11-18(4-5-22(20)28-14-16(12-25)13-26)21-15-30(31-24)23-19(21)3-2-8-27-23/h2-5,8,11-12,14-15,17H,6-7,9-10,25H2,1H3/b16-12+,28-14?. The minimum absolute atomic E-state index is 0.353. The first-order valence-electron chi connectivity index (χ1n) is 10.1. The van der Waals surface area contributed by atoms with E-state index in [-0.39, 0.29) is 0 Å². The van der Waals surface area contributed by atoms with Crippen LogP contribution in [0.25, 0.3) is 22.2 Å². The maximum atomic E-state index is 9.16. The van der Waals surface area contributed by atoms with Crippen LogP contribution in [0.1, 0.15) is 24.3 Å². The average Bonchev–Trinajstić information content (AvgIpc) is 3.19. The number of halogens is 1. The molecule has 1 aliphatic rings.